The third-order valence-electron chi connectivity index (χ3n) is 4.35. The largest absolute Gasteiger partial charge is 0.322 e. The Morgan fingerprint density at radius 1 is 1.14 bits per heavy atom. The Kier molecular flexibility index (Phi) is 5.14. The monoisotopic (exact) mass is 415 g/mol. The summed E-state index contributed by atoms with van der Waals surface area (Å²) in [5.41, 5.74) is 1.95. The Labute approximate surface area is 166 Å². The Bertz CT molecular complexity index is 1080. The fourth-order valence-electron chi connectivity index (χ4n) is 2.97. The number of amides is 1. The van der Waals surface area contributed by atoms with Gasteiger partial charge in [-0.25, -0.2) is 13.1 Å². The molecule has 0 aliphatic carbocycles. The molecular formula is C18H17N5O3S2. The quantitative estimate of drug-likeness (QED) is 0.681. The van der Waals surface area contributed by atoms with Crippen LogP contribution < -0.4 is 5.32 Å². The molecule has 10 heteroatoms. The number of thioether (sulfide) groups is 1. The van der Waals surface area contributed by atoms with Crippen LogP contribution in [0.15, 0.2) is 59.8 Å². The number of hydrogen-bond donors (Lipinski definition) is 1. The summed E-state index contributed by atoms with van der Waals surface area (Å²) in [5.74, 6) is 0.137. The average molecular weight is 416 g/mol. The van der Waals surface area contributed by atoms with Crippen LogP contribution in [0.25, 0.3) is 5.69 Å². The molecule has 3 aromatic rings. The summed E-state index contributed by atoms with van der Waals surface area (Å²) in [6, 6.07) is 14.4. The number of carbonyl (C=O) groups excluding carboxylic acids is 1. The maximum atomic E-state index is 12.8. The molecule has 28 heavy (non-hydrogen) atoms. The number of tetrazole rings is 1. The molecule has 1 fully saturated rings. The van der Waals surface area contributed by atoms with Crippen molar-refractivity contribution in [2.24, 2.45) is 0 Å². The highest BCUT2D eigenvalue weighted by molar-refractivity contribution is 8.02. The van der Waals surface area contributed by atoms with Crippen molar-refractivity contribution >= 4 is 33.2 Å². The van der Waals surface area contributed by atoms with Gasteiger partial charge in [0.15, 0.2) is 9.84 Å². The first kappa shape index (κ1) is 18.6. The molecule has 1 atom stereocenters. The topological polar surface area (TPSA) is 107 Å². The van der Waals surface area contributed by atoms with Crippen molar-refractivity contribution in [2.45, 2.75) is 16.6 Å². The van der Waals surface area contributed by atoms with Crippen molar-refractivity contribution in [2.75, 3.05) is 16.8 Å². The first-order valence-electron chi connectivity index (χ1n) is 8.61. The predicted molar refractivity (Wildman–Crippen MR) is 106 cm³/mol. The van der Waals surface area contributed by atoms with Gasteiger partial charge in [0, 0.05) is 15.8 Å². The van der Waals surface area contributed by atoms with E-state index in [1.54, 1.807) is 36.4 Å². The van der Waals surface area contributed by atoms with Crippen LogP contribution in [0.5, 0.6) is 0 Å². The van der Waals surface area contributed by atoms with E-state index >= 15 is 0 Å². The lowest BCUT2D eigenvalue weighted by atomic mass is 10.2. The lowest BCUT2D eigenvalue weighted by Crippen LogP contribution is -2.14. The van der Waals surface area contributed by atoms with Gasteiger partial charge in [-0.1, -0.05) is 12.1 Å². The molecule has 1 unspecified atom stereocenters. The van der Waals surface area contributed by atoms with Gasteiger partial charge in [-0.2, -0.15) is 0 Å². The number of aromatic nitrogens is 4. The van der Waals surface area contributed by atoms with E-state index in [1.807, 2.05) is 12.1 Å². The Morgan fingerprint density at radius 3 is 2.61 bits per heavy atom. The van der Waals surface area contributed by atoms with Crippen molar-refractivity contribution in [1.29, 1.82) is 0 Å². The highest BCUT2D eigenvalue weighted by atomic mass is 32.2. The van der Waals surface area contributed by atoms with Gasteiger partial charge in [0.2, 0.25) is 0 Å². The molecule has 1 N–H and O–H groups in total. The van der Waals surface area contributed by atoms with E-state index in [4.69, 9.17) is 0 Å². The fraction of sp³-hybridized carbons (Fsp3) is 0.222. The van der Waals surface area contributed by atoms with Gasteiger partial charge in [-0.05, 0) is 53.2 Å². The molecule has 1 saturated heterocycles. The Balaban J connectivity index is 1.48. The zero-order valence-corrected chi connectivity index (χ0v) is 16.4. The summed E-state index contributed by atoms with van der Waals surface area (Å²) in [5, 5.41) is 13.9. The van der Waals surface area contributed by atoms with Gasteiger partial charge < -0.3 is 5.32 Å². The van der Waals surface area contributed by atoms with Gasteiger partial charge >= 0.3 is 0 Å². The zero-order valence-electron chi connectivity index (χ0n) is 14.7. The molecule has 1 amide bonds. The van der Waals surface area contributed by atoms with E-state index in [1.165, 1.54) is 22.8 Å². The third kappa shape index (κ3) is 4.23. The molecule has 1 aromatic heterocycles. The minimum atomic E-state index is -2.96. The smallest absolute Gasteiger partial charge is 0.256 e. The van der Waals surface area contributed by atoms with Crippen molar-refractivity contribution in [3.63, 3.8) is 0 Å². The number of hydrogen-bond acceptors (Lipinski definition) is 7. The van der Waals surface area contributed by atoms with Crippen LogP contribution in [0, 0.1) is 0 Å². The van der Waals surface area contributed by atoms with Crippen LogP contribution in [0.1, 0.15) is 16.8 Å². The first-order chi connectivity index (χ1) is 13.5. The number of sulfone groups is 1. The minimum Gasteiger partial charge on any atom is -0.322 e. The molecule has 0 spiro atoms. The highest BCUT2D eigenvalue weighted by Crippen LogP contribution is 2.33. The predicted octanol–water partition coefficient (Wildman–Crippen LogP) is 2.19. The van der Waals surface area contributed by atoms with Gasteiger partial charge in [0.05, 0.1) is 22.8 Å². The standard InChI is InChI=1S/C18H17N5O3S2/c24-18(20-13-5-7-14(8-6-13)23-12-19-21-22-23)16-3-1-2-4-17(16)27-15-9-10-28(25,26)11-15/h1-8,12,15H,9-11H2,(H,20,24). The van der Waals surface area contributed by atoms with Crippen LogP contribution in [-0.4, -0.2) is 51.3 Å². The molecule has 1 aliphatic heterocycles. The van der Waals surface area contributed by atoms with E-state index in [2.05, 4.69) is 20.8 Å². The Morgan fingerprint density at radius 2 is 1.93 bits per heavy atom. The molecule has 1 aliphatic rings. The van der Waals surface area contributed by atoms with Crippen LogP contribution >= 0.6 is 11.8 Å². The lowest BCUT2D eigenvalue weighted by molar-refractivity contribution is 0.102. The number of nitrogens with zero attached hydrogens (tertiary/aromatic N) is 4. The number of rotatable bonds is 5. The molecular weight excluding hydrogens is 398 g/mol. The van der Waals surface area contributed by atoms with Crippen molar-refractivity contribution < 1.29 is 13.2 Å². The zero-order chi connectivity index (χ0) is 19.6. The van der Waals surface area contributed by atoms with E-state index in [-0.39, 0.29) is 22.7 Å². The maximum absolute atomic E-state index is 12.8. The summed E-state index contributed by atoms with van der Waals surface area (Å²) >= 11 is 1.45. The number of anilines is 1. The maximum Gasteiger partial charge on any atom is 0.256 e. The molecule has 8 nitrogen and oxygen atoms in total. The molecule has 0 bridgehead atoms. The second kappa shape index (κ2) is 7.72. The number of benzene rings is 2. The Hall–Kier alpha value is -2.72. The van der Waals surface area contributed by atoms with E-state index in [0.717, 1.165) is 10.6 Å². The van der Waals surface area contributed by atoms with Crippen LogP contribution in [-0.2, 0) is 9.84 Å². The molecule has 0 saturated carbocycles. The third-order valence-corrected chi connectivity index (χ3v) is 7.68. The van der Waals surface area contributed by atoms with Gasteiger partial charge in [0.25, 0.3) is 5.91 Å². The van der Waals surface area contributed by atoms with Crippen molar-refractivity contribution in [1.82, 2.24) is 20.2 Å². The SMILES string of the molecule is O=C(Nc1ccc(-n2cnnn2)cc1)c1ccccc1SC1CCS(=O)(=O)C1. The second-order valence-corrected chi connectivity index (χ2v) is 9.97. The van der Waals surface area contributed by atoms with Gasteiger partial charge in [0.1, 0.15) is 6.33 Å². The summed E-state index contributed by atoms with van der Waals surface area (Å²) in [7, 11) is -2.96. The first-order valence-corrected chi connectivity index (χ1v) is 11.3. The van der Waals surface area contributed by atoms with Gasteiger partial charge in [-0.3, -0.25) is 4.79 Å². The molecule has 2 heterocycles. The highest BCUT2D eigenvalue weighted by Gasteiger charge is 2.29. The number of nitrogens with one attached hydrogen (secondary N) is 1. The summed E-state index contributed by atoms with van der Waals surface area (Å²) in [6.07, 6.45) is 2.10. The van der Waals surface area contributed by atoms with Crippen molar-refractivity contribution in [3.8, 4) is 5.69 Å². The minimum absolute atomic E-state index is 0.0190. The van der Waals surface area contributed by atoms with Crippen LogP contribution in [0.4, 0.5) is 5.69 Å². The molecule has 2 aromatic carbocycles. The van der Waals surface area contributed by atoms with Gasteiger partial charge in [-0.15, -0.1) is 16.9 Å². The average Bonchev–Trinajstić information content (AvgIpc) is 3.32. The van der Waals surface area contributed by atoms with E-state index < -0.39 is 9.84 Å². The normalized spacial score (nSPS) is 18.1. The number of carbonyl (C=O) groups is 1. The van der Waals surface area contributed by atoms with Crippen LogP contribution in [0.3, 0.4) is 0 Å². The molecule has 4 rings (SSSR count). The summed E-state index contributed by atoms with van der Waals surface area (Å²) in [4.78, 5) is 13.6. The lowest BCUT2D eigenvalue weighted by Gasteiger charge is -2.13. The summed E-state index contributed by atoms with van der Waals surface area (Å²) < 4.78 is 24.9. The fourth-order valence-corrected chi connectivity index (χ4v) is 6.59. The second-order valence-electron chi connectivity index (χ2n) is 6.39. The van der Waals surface area contributed by atoms with E-state index in [0.29, 0.717) is 17.7 Å². The van der Waals surface area contributed by atoms with Crippen molar-refractivity contribution in [3.05, 3.63) is 60.4 Å². The molecule has 0 radical (unpaired) electrons. The molecule has 144 valence electrons. The van der Waals surface area contributed by atoms with Crippen LogP contribution in [0.2, 0.25) is 0 Å². The van der Waals surface area contributed by atoms with E-state index in [9.17, 15) is 13.2 Å². The summed E-state index contributed by atoms with van der Waals surface area (Å²) in [6.45, 7) is 0.